The second-order valence-corrected chi connectivity index (χ2v) is 5.59. The van der Waals surface area contributed by atoms with Gasteiger partial charge in [0.05, 0.1) is 17.0 Å². The van der Waals surface area contributed by atoms with Gasteiger partial charge in [0.15, 0.2) is 11.6 Å². The number of rotatable bonds is 6. The Kier molecular flexibility index (Phi) is 4.78. The van der Waals surface area contributed by atoms with Crippen LogP contribution in [0.1, 0.15) is 10.4 Å². The van der Waals surface area contributed by atoms with Crippen LogP contribution in [0.3, 0.4) is 0 Å². The predicted molar refractivity (Wildman–Crippen MR) is 64.7 cm³/mol. The lowest BCUT2D eigenvalue weighted by molar-refractivity contribution is 0.0690. The standard InChI is InChI=1S/C10H12F2N2O4S/c1-13-19(17,18)5-4-14-7-3-2-6(10(15)16)8(11)9(7)12/h2-3,13-14H,4-5H2,1H3,(H,15,16). The van der Waals surface area contributed by atoms with Crippen LogP contribution in [0.15, 0.2) is 12.1 Å². The van der Waals surface area contributed by atoms with Crippen molar-refractivity contribution >= 4 is 21.7 Å². The fraction of sp³-hybridized carbons (Fsp3) is 0.300. The molecule has 1 rings (SSSR count). The summed E-state index contributed by atoms with van der Waals surface area (Å²) >= 11 is 0. The van der Waals surface area contributed by atoms with E-state index in [0.717, 1.165) is 12.1 Å². The van der Waals surface area contributed by atoms with E-state index in [4.69, 9.17) is 5.11 Å². The van der Waals surface area contributed by atoms with Gasteiger partial charge in [0.1, 0.15) is 0 Å². The molecule has 19 heavy (non-hydrogen) atoms. The first kappa shape index (κ1) is 15.3. The predicted octanol–water partition coefficient (Wildman–Crippen LogP) is 0.624. The van der Waals surface area contributed by atoms with Gasteiger partial charge in [-0.1, -0.05) is 0 Å². The maximum Gasteiger partial charge on any atom is 0.338 e. The maximum atomic E-state index is 13.5. The number of benzene rings is 1. The van der Waals surface area contributed by atoms with Crippen LogP contribution in [0.5, 0.6) is 0 Å². The van der Waals surface area contributed by atoms with Crippen LogP contribution < -0.4 is 10.0 Å². The first-order valence-corrected chi connectivity index (χ1v) is 6.80. The number of halogens is 2. The molecule has 3 N–H and O–H groups in total. The Hall–Kier alpha value is -1.74. The lowest BCUT2D eigenvalue weighted by Crippen LogP contribution is -2.26. The minimum absolute atomic E-state index is 0.147. The summed E-state index contributed by atoms with van der Waals surface area (Å²) in [5.41, 5.74) is -1.08. The molecule has 0 heterocycles. The zero-order chi connectivity index (χ0) is 14.6. The Balaban J connectivity index is 2.82. The average Bonchev–Trinajstić information content (AvgIpc) is 2.34. The molecule has 0 saturated heterocycles. The smallest absolute Gasteiger partial charge is 0.338 e. The van der Waals surface area contributed by atoms with Crippen LogP contribution >= 0.6 is 0 Å². The van der Waals surface area contributed by atoms with E-state index in [0.29, 0.717) is 0 Å². The third kappa shape index (κ3) is 3.86. The first-order chi connectivity index (χ1) is 8.78. The zero-order valence-corrected chi connectivity index (χ0v) is 10.7. The Morgan fingerprint density at radius 1 is 1.32 bits per heavy atom. The number of carbonyl (C=O) groups is 1. The van der Waals surface area contributed by atoms with Crippen molar-refractivity contribution < 1.29 is 27.1 Å². The van der Waals surface area contributed by atoms with E-state index in [1.165, 1.54) is 7.05 Å². The topological polar surface area (TPSA) is 95.5 Å². The van der Waals surface area contributed by atoms with Crippen LogP contribution in [0.4, 0.5) is 14.5 Å². The van der Waals surface area contributed by atoms with Crippen molar-refractivity contribution in [3.63, 3.8) is 0 Å². The number of carboxylic acid groups (broad SMARTS) is 1. The van der Waals surface area contributed by atoms with Crippen molar-refractivity contribution in [1.29, 1.82) is 0 Å². The fourth-order valence-electron chi connectivity index (χ4n) is 1.27. The molecular weight excluding hydrogens is 282 g/mol. The molecule has 0 atom stereocenters. The van der Waals surface area contributed by atoms with Crippen molar-refractivity contribution in [3.8, 4) is 0 Å². The summed E-state index contributed by atoms with van der Waals surface area (Å²) in [6, 6.07) is 1.93. The van der Waals surface area contributed by atoms with E-state index >= 15 is 0 Å². The Bertz CT molecular complexity index is 589. The second-order valence-electron chi connectivity index (χ2n) is 3.54. The van der Waals surface area contributed by atoms with E-state index < -0.39 is 33.2 Å². The van der Waals surface area contributed by atoms with Crippen molar-refractivity contribution in [2.75, 3.05) is 24.7 Å². The molecule has 1 aromatic carbocycles. The summed E-state index contributed by atoms with van der Waals surface area (Å²) in [6.45, 7) is -0.147. The van der Waals surface area contributed by atoms with E-state index in [1.54, 1.807) is 0 Å². The quantitative estimate of drug-likeness (QED) is 0.715. The molecular formula is C10H12F2N2O4S. The van der Waals surface area contributed by atoms with Crippen molar-refractivity contribution in [1.82, 2.24) is 4.72 Å². The summed E-state index contributed by atoms with van der Waals surface area (Å²) in [6.07, 6.45) is 0. The van der Waals surface area contributed by atoms with Crippen LogP contribution in [-0.4, -0.2) is 38.8 Å². The normalized spacial score (nSPS) is 11.3. The SMILES string of the molecule is CNS(=O)(=O)CCNc1ccc(C(=O)O)c(F)c1F. The summed E-state index contributed by atoms with van der Waals surface area (Å²) < 4.78 is 51.0. The molecule has 0 saturated carbocycles. The van der Waals surface area contributed by atoms with Crippen LogP contribution in [-0.2, 0) is 10.0 Å². The molecule has 0 aromatic heterocycles. The van der Waals surface area contributed by atoms with Gasteiger partial charge in [-0.05, 0) is 19.2 Å². The van der Waals surface area contributed by atoms with Crippen LogP contribution in [0.2, 0.25) is 0 Å². The molecule has 6 nitrogen and oxygen atoms in total. The molecule has 9 heteroatoms. The highest BCUT2D eigenvalue weighted by atomic mass is 32.2. The third-order valence-corrected chi connectivity index (χ3v) is 3.67. The Morgan fingerprint density at radius 3 is 2.47 bits per heavy atom. The molecule has 0 fully saturated rings. The number of anilines is 1. The lowest BCUT2D eigenvalue weighted by Gasteiger charge is -2.09. The molecule has 0 aliphatic carbocycles. The fourth-order valence-corrected chi connectivity index (χ4v) is 1.85. The number of carboxylic acids is 1. The number of hydrogen-bond acceptors (Lipinski definition) is 4. The Labute approximate surface area is 108 Å². The molecule has 0 aliphatic rings. The van der Waals surface area contributed by atoms with Crippen LogP contribution in [0, 0.1) is 11.6 Å². The number of nitrogens with one attached hydrogen (secondary N) is 2. The zero-order valence-electron chi connectivity index (χ0n) is 9.91. The number of sulfonamides is 1. The van der Waals surface area contributed by atoms with E-state index in [2.05, 4.69) is 10.0 Å². The molecule has 1 aromatic rings. The summed E-state index contributed by atoms with van der Waals surface area (Å²) in [7, 11) is -2.22. The molecule has 0 amide bonds. The highest BCUT2D eigenvalue weighted by Gasteiger charge is 2.18. The maximum absolute atomic E-state index is 13.5. The number of aromatic carboxylic acids is 1. The van der Waals surface area contributed by atoms with Gasteiger partial charge in [-0.2, -0.15) is 0 Å². The van der Waals surface area contributed by atoms with Crippen molar-refractivity contribution in [2.45, 2.75) is 0 Å². The average molecular weight is 294 g/mol. The van der Waals surface area contributed by atoms with Gasteiger partial charge in [-0.25, -0.2) is 26.7 Å². The molecule has 0 spiro atoms. The Morgan fingerprint density at radius 2 is 1.95 bits per heavy atom. The number of hydrogen-bond donors (Lipinski definition) is 3. The van der Waals surface area contributed by atoms with Gasteiger partial charge in [-0.3, -0.25) is 0 Å². The molecule has 0 radical (unpaired) electrons. The molecule has 0 bridgehead atoms. The largest absolute Gasteiger partial charge is 0.478 e. The van der Waals surface area contributed by atoms with E-state index in [-0.39, 0.29) is 18.0 Å². The van der Waals surface area contributed by atoms with E-state index in [1.807, 2.05) is 0 Å². The van der Waals surface area contributed by atoms with Crippen molar-refractivity contribution in [2.24, 2.45) is 0 Å². The summed E-state index contributed by atoms with van der Waals surface area (Å²) in [4.78, 5) is 10.6. The minimum atomic E-state index is -3.46. The highest BCUT2D eigenvalue weighted by Crippen LogP contribution is 2.20. The van der Waals surface area contributed by atoms with Gasteiger partial charge >= 0.3 is 5.97 Å². The molecule has 0 unspecified atom stereocenters. The summed E-state index contributed by atoms with van der Waals surface area (Å²) in [5, 5.41) is 11.0. The summed E-state index contributed by atoms with van der Waals surface area (Å²) in [5.74, 6) is -4.76. The van der Waals surface area contributed by atoms with Crippen LogP contribution in [0.25, 0.3) is 0 Å². The third-order valence-electron chi connectivity index (χ3n) is 2.31. The van der Waals surface area contributed by atoms with E-state index in [9.17, 15) is 22.0 Å². The van der Waals surface area contributed by atoms with Gasteiger partial charge < -0.3 is 10.4 Å². The first-order valence-electron chi connectivity index (χ1n) is 5.15. The van der Waals surface area contributed by atoms with Gasteiger partial charge in [-0.15, -0.1) is 0 Å². The highest BCUT2D eigenvalue weighted by molar-refractivity contribution is 7.89. The molecule has 106 valence electrons. The molecule has 0 aliphatic heterocycles. The van der Waals surface area contributed by atoms with Gasteiger partial charge in [0, 0.05) is 6.54 Å². The minimum Gasteiger partial charge on any atom is -0.478 e. The lowest BCUT2D eigenvalue weighted by atomic mass is 10.2. The monoisotopic (exact) mass is 294 g/mol. The van der Waals surface area contributed by atoms with Gasteiger partial charge in [0.25, 0.3) is 0 Å². The van der Waals surface area contributed by atoms with Gasteiger partial charge in [0.2, 0.25) is 10.0 Å². The second kappa shape index (κ2) is 5.93. The van der Waals surface area contributed by atoms with Crippen molar-refractivity contribution in [3.05, 3.63) is 29.3 Å².